The van der Waals surface area contributed by atoms with Gasteiger partial charge in [-0.15, -0.1) is 0 Å². The molecule has 2 aliphatic rings. The minimum absolute atomic E-state index is 0.666. The van der Waals surface area contributed by atoms with Crippen LogP contribution in [0.2, 0.25) is 0 Å². The van der Waals surface area contributed by atoms with E-state index in [4.69, 9.17) is 0 Å². The summed E-state index contributed by atoms with van der Waals surface area (Å²) in [7, 11) is 0. The third-order valence-corrected chi connectivity index (χ3v) is 5.63. The minimum atomic E-state index is 0.666. The van der Waals surface area contributed by atoms with Crippen molar-refractivity contribution < 1.29 is 0 Å². The van der Waals surface area contributed by atoms with Crippen molar-refractivity contribution in [3.63, 3.8) is 0 Å². The van der Waals surface area contributed by atoms with E-state index < -0.39 is 0 Å². The van der Waals surface area contributed by atoms with Crippen LogP contribution < -0.4 is 5.32 Å². The van der Waals surface area contributed by atoms with Crippen LogP contribution in [0.25, 0.3) is 0 Å². The molecule has 1 aliphatic carbocycles. The number of nitrogens with one attached hydrogen (secondary N) is 1. The largest absolute Gasteiger partial charge is 0.311 e. The van der Waals surface area contributed by atoms with Crippen LogP contribution in [0.5, 0.6) is 0 Å². The lowest BCUT2D eigenvalue weighted by Crippen LogP contribution is -2.47. The van der Waals surface area contributed by atoms with Gasteiger partial charge in [0.1, 0.15) is 0 Å². The lowest BCUT2D eigenvalue weighted by Gasteiger charge is -2.37. The molecule has 0 bridgehead atoms. The molecule has 1 fully saturated rings. The van der Waals surface area contributed by atoms with E-state index in [-0.39, 0.29) is 0 Å². The second-order valence-electron chi connectivity index (χ2n) is 6.94. The number of hydrogen-bond donors (Lipinski definition) is 1. The molecule has 116 valence electrons. The van der Waals surface area contributed by atoms with Gasteiger partial charge in [-0.1, -0.05) is 31.2 Å². The van der Waals surface area contributed by atoms with Crippen molar-refractivity contribution in [2.75, 3.05) is 19.6 Å². The van der Waals surface area contributed by atoms with Crippen LogP contribution in [0.15, 0.2) is 24.3 Å². The number of aryl methyl sites for hydroxylation is 1. The first-order valence-corrected chi connectivity index (χ1v) is 8.81. The molecule has 0 radical (unpaired) electrons. The minimum Gasteiger partial charge on any atom is -0.311 e. The van der Waals surface area contributed by atoms with E-state index in [0.29, 0.717) is 12.1 Å². The van der Waals surface area contributed by atoms with Crippen LogP contribution >= 0.6 is 0 Å². The number of benzene rings is 1. The highest BCUT2D eigenvalue weighted by Gasteiger charge is 2.26. The Morgan fingerprint density at radius 3 is 2.57 bits per heavy atom. The standard InChI is InChI=1S/C19H30N2/c1-3-21-12-10-16(11-13-21)15(2)20-19-9-8-17-6-4-5-7-18(17)14-19/h4-7,15-16,19-20H,3,8-14H2,1-2H3. The predicted octanol–water partition coefficient (Wildman–Crippen LogP) is 3.25. The van der Waals surface area contributed by atoms with Crippen LogP contribution in [0, 0.1) is 5.92 Å². The van der Waals surface area contributed by atoms with Gasteiger partial charge in [0.2, 0.25) is 0 Å². The molecule has 0 amide bonds. The first kappa shape index (κ1) is 15.1. The van der Waals surface area contributed by atoms with Crippen LogP contribution in [0.1, 0.15) is 44.2 Å². The summed E-state index contributed by atoms with van der Waals surface area (Å²) < 4.78 is 0. The molecule has 1 N–H and O–H groups in total. The van der Waals surface area contributed by atoms with E-state index in [1.807, 2.05) is 0 Å². The molecule has 0 spiro atoms. The Labute approximate surface area is 129 Å². The molecule has 1 aliphatic heterocycles. The maximum absolute atomic E-state index is 3.94. The Kier molecular flexibility index (Phi) is 4.97. The fourth-order valence-electron chi connectivity index (χ4n) is 4.12. The molecular weight excluding hydrogens is 256 g/mol. The van der Waals surface area contributed by atoms with E-state index in [1.165, 1.54) is 51.7 Å². The molecule has 0 aromatic heterocycles. The maximum atomic E-state index is 3.94. The van der Waals surface area contributed by atoms with Gasteiger partial charge in [0.15, 0.2) is 0 Å². The SMILES string of the molecule is CCN1CCC(C(C)NC2CCc3ccccc3C2)CC1. The highest BCUT2D eigenvalue weighted by Crippen LogP contribution is 2.24. The highest BCUT2D eigenvalue weighted by atomic mass is 15.1. The second-order valence-corrected chi connectivity index (χ2v) is 6.94. The number of likely N-dealkylation sites (tertiary alicyclic amines) is 1. The number of piperidine rings is 1. The topological polar surface area (TPSA) is 15.3 Å². The summed E-state index contributed by atoms with van der Waals surface area (Å²) in [4.78, 5) is 2.58. The summed E-state index contributed by atoms with van der Waals surface area (Å²) in [5.74, 6) is 0.866. The maximum Gasteiger partial charge on any atom is 0.0113 e. The van der Waals surface area contributed by atoms with Gasteiger partial charge in [0.05, 0.1) is 0 Å². The van der Waals surface area contributed by atoms with E-state index in [9.17, 15) is 0 Å². The van der Waals surface area contributed by atoms with Crippen molar-refractivity contribution in [2.24, 2.45) is 5.92 Å². The fraction of sp³-hybridized carbons (Fsp3) is 0.684. The molecule has 0 saturated carbocycles. The summed E-state index contributed by atoms with van der Waals surface area (Å²) in [6.45, 7) is 8.49. The predicted molar refractivity (Wildman–Crippen MR) is 89.7 cm³/mol. The zero-order valence-electron chi connectivity index (χ0n) is 13.6. The Balaban J connectivity index is 1.51. The van der Waals surface area contributed by atoms with Crippen molar-refractivity contribution in [1.82, 2.24) is 10.2 Å². The van der Waals surface area contributed by atoms with Gasteiger partial charge in [-0.25, -0.2) is 0 Å². The van der Waals surface area contributed by atoms with E-state index in [2.05, 4.69) is 48.3 Å². The molecular formula is C19H30N2. The van der Waals surface area contributed by atoms with E-state index in [1.54, 1.807) is 11.1 Å². The summed E-state index contributed by atoms with van der Waals surface area (Å²) >= 11 is 0. The average Bonchev–Trinajstić information content (AvgIpc) is 2.55. The average molecular weight is 286 g/mol. The van der Waals surface area contributed by atoms with Gasteiger partial charge in [-0.05, 0) is 75.7 Å². The fourth-order valence-corrected chi connectivity index (χ4v) is 4.12. The number of rotatable bonds is 4. The molecule has 2 heteroatoms. The molecule has 1 saturated heterocycles. The first-order valence-electron chi connectivity index (χ1n) is 8.81. The van der Waals surface area contributed by atoms with Gasteiger partial charge in [0.25, 0.3) is 0 Å². The van der Waals surface area contributed by atoms with Crippen molar-refractivity contribution in [3.8, 4) is 0 Å². The lowest BCUT2D eigenvalue weighted by molar-refractivity contribution is 0.163. The summed E-state index contributed by atoms with van der Waals surface area (Å²) in [6, 6.07) is 10.3. The van der Waals surface area contributed by atoms with Gasteiger partial charge in [0, 0.05) is 12.1 Å². The third-order valence-electron chi connectivity index (χ3n) is 5.63. The van der Waals surface area contributed by atoms with Gasteiger partial charge in [-0.2, -0.15) is 0 Å². The first-order chi connectivity index (χ1) is 10.3. The van der Waals surface area contributed by atoms with Crippen molar-refractivity contribution in [2.45, 2.75) is 58.0 Å². The summed E-state index contributed by atoms with van der Waals surface area (Å²) in [5, 5.41) is 3.94. The van der Waals surface area contributed by atoms with Gasteiger partial charge in [-0.3, -0.25) is 0 Å². The van der Waals surface area contributed by atoms with Gasteiger partial charge >= 0.3 is 0 Å². The van der Waals surface area contributed by atoms with Crippen molar-refractivity contribution in [3.05, 3.63) is 35.4 Å². The Bertz CT molecular complexity index is 449. The Morgan fingerprint density at radius 2 is 1.86 bits per heavy atom. The zero-order chi connectivity index (χ0) is 14.7. The van der Waals surface area contributed by atoms with Crippen LogP contribution in [0.4, 0.5) is 0 Å². The molecule has 2 unspecified atom stereocenters. The molecule has 1 aromatic rings. The Hall–Kier alpha value is -0.860. The summed E-state index contributed by atoms with van der Waals surface area (Å²) in [5.41, 5.74) is 3.13. The number of fused-ring (bicyclic) bond motifs is 1. The second kappa shape index (κ2) is 6.93. The Morgan fingerprint density at radius 1 is 1.14 bits per heavy atom. The van der Waals surface area contributed by atoms with E-state index in [0.717, 1.165) is 5.92 Å². The summed E-state index contributed by atoms with van der Waals surface area (Å²) in [6.07, 6.45) is 6.49. The van der Waals surface area contributed by atoms with Crippen molar-refractivity contribution >= 4 is 0 Å². The monoisotopic (exact) mass is 286 g/mol. The smallest absolute Gasteiger partial charge is 0.0113 e. The quantitative estimate of drug-likeness (QED) is 0.914. The molecule has 3 rings (SSSR count). The van der Waals surface area contributed by atoms with E-state index >= 15 is 0 Å². The van der Waals surface area contributed by atoms with Crippen LogP contribution in [0.3, 0.4) is 0 Å². The van der Waals surface area contributed by atoms with Crippen LogP contribution in [-0.4, -0.2) is 36.6 Å². The lowest BCUT2D eigenvalue weighted by atomic mass is 9.85. The van der Waals surface area contributed by atoms with Crippen LogP contribution in [-0.2, 0) is 12.8 Å². The molecule has 2 nitrogen and oxygen atoms in total. The molecule has 1 heterocycles. The zero-order valence-corrected chi connectivity index (χ0v) is 13.6. The highest BCUT2D eigenvalue weighted by molar-refractivity contribution is 5.30. The van der Waals surface area contributed by atoms with Crippen molar-refractivity contribution in [1.29, 1.82) is 0 Å². The van der Waals surface area contributed by atoms with Gasteiger partial charge < -0.3 is 10.2 Å². The normalized spacial score (nSPS) is 25.5. The molecule has 1 aromatic carbocycles. The molecule has 21 heavy (non-hydrogen) atoms. The number of hydrogen-bond acceptors (Lipinski definition) is 2. The molecule has 2 atom stereocenters. The third kappa shape index (κ3) is 3.67. The number of nitrogens with zero attached hydrogens (tertiary/aromatic N) is 1.